The van der Waals surface area contributed by atoms with Gasteiger partial charge in [-0.25, -0.2) is 4.39 Å². The van der Waals surface area contributed by atoms with Crippen LogP contribution in [0.25, 0.3) is 17.2 Å². The standard InChI is InChI=1S/C36H42FN3O5/c1-5-40(26-7-12-44-13-8-26)32-19-25(28-17-24-6-9-36(10-14-45-15-11-36)30(24)20-31(28)37)18-27(23(32)3)34(41)38-21-29-33(43-4)16-22(2)39-35(29)42/h6,9,16-20,26H,5,7-8,10-15,21H2,1-4H3,(H,38,41)(H,39,42). The van der Waals surface area contributed by atoms with Crippen LogP contribution in [0.3, 0.4) is 0 Å². The molecule has 0 atom stereocenters. The third-order valence-corrected chi connectivity index (χ3v) is 9.74. The Balaban J connectivity index is 1.41. The van der Waals surface area contributed by atoms with Crippen LogP contribution in [0.2, 0.25) is 0 Å². The van der Waals surface area contributed by atoms with Crippen molar-refractivity contribution in [3.63, 3.8) is 0 Å². The first kappa shape index (κ1) is 31.0. The van der Waals surface area contributed by atoms with Crippen molar-refractivity contribution in [1.29, 1.82) is 0 Å². The fraction of sp³-hybridized carbons (Fsp3) is 0.444. The maximum Gasteiger partial charge on any atom is 0.256 e. The van der Waals surface area contributed by atoms with Crippen LogP contribution in [-0.2, 0) is 21.4 Å². The molecule has 0 saturated carbocycles. The third kappa shape index (κ3) is 5.91. The number of pyridine rings is 1. The Labute approximate surface area is 263 Å². The molecule has 0 bridgehead atoms. The molecule has 1 aliphatic carbocycles. The lowest BCUT2D eigenvalue weighted by Gasteiger charge is -2.37. The number of aryl methyl sites for hydroxylation is 1. The Morgan fingerprint density at radius 3 is 2.53 bits per heavy atom. The maximum atomic E-state index is 16.2. The number of nitrogens with one attached hydrogen (secondary N) is 2. The number of aromatic nitrogens is 1. The van der Waals surface area contributed by atoms with Gasteiger partial charge in [0.2, 0.25) is 0 Å². The van der Waals surface area contributed by atoms with Crippen LogP contribution in [0.5, 0.6) is 5.75 Å². The number of allylic oxidation sites excluding steroid dienone is 1. The number of aromatic amines is 1. The Kier molecular flexibility index (Phi) is 8.84. The van der Waals surface area contributed by atoms with Gasteiger partial charge >= 0.3 is 0 Å². The monoisotopic (exact) mass is 615 g/mol. The van der Waals surface area contributed by atoms with E-state index in [4.69, 9.17) is 14.2 Å². The van der Waals surface area contributed by atoms with Crippen molar-refractivity contribution in [2.75, 3.05) is 45.0 Å². The summed E-state index contributed by atoms with van der Waals surface area (Å²) in [5.74, 6) is -0.243. The minimum atomic E-state index is -0.344. The lowest BCUT2D eigenvalue weighted by atomic mass is 9.75. The van der Waals surface area contributed by atoms with Crippen molar-refractivity contribution >= 4 is 17.7 Å². The van der Waals surface area contributed by atoms with E-state index >= 15 is 4.39 Å². The molecule has 8 nitrogen and oxygen atoms in total. The normalized spacial score (nSPS) is 17.4. The number of methoxy groups -OCH3 is 1. The average Bonchev–Trinajstić information content (AvgIpc) is 3.37. The van der Waals surface area contributed by atoms with Crippen LogP contribution in [0.15, 0.2) is 41.2 Å². The van der Waals surface area contributed by atoms with Gasteiger partial charge in [-0.2, -0.15) is 0 Å². The molecule has 0 radical (unpaired) electrons. The Morgan fingerprint density at radius 2 is 1.82 bits per heavy atom. The first-order valence-electron chi connectivity index (χ1n) is 15.9. The molecule has 1 spiro atoms. The summed E-state index contributed by atoms with van der Waals surface area (Å²) < 4.78 is 32.8. The van der Waals surface area contributed by atoms with Gasteiger partial charge in [0.15, 0.2) is 0 Å². The molecule has 6 rings (SSSR count). The Morgan fingerprint density at radius 1 is 1.09 bits per heavy atom. The molecule has 0 unspecified atom stereocenters. The number of ether oxygens (including phenoxy) is 3. The van der Waals surface area contributed by atoms with Crippen LogP contribution in [0.1, 0.15) is 70.9 Å². The molecule has 2 saturated heterocycles. The molecule has 3 aromatic rings. The zero-order chi connectivity index (χ0) is 31.7. The molecule has 238 valence electrons. The number of rotatable bonds is 8. The number of hydrogen-bond donors (Lipinski definition) is 2. The molecule has 2 N–H and O–H groups in total. The van der Waals surface area contributed by atoms with Crippen LogP contribution in [-0.4, -0.2) is 57.0 Å². The summed E-state index contributed by atoms with van der Waals surface area (Å²) in [4.78, 5) is 31.7. The number of carbonyl (C=O) groups is 1. The van der Waals surface area contributed by atoms with E-state index in [0.717, 1.165) is 54.6 Å². The summed E-state index contributed by atoms with van der Waals surface area (Å²) in [7, 11) is 1.50. The van der Waals surface area contributed by atoms with E-state index in [1.54, 1.807) is 25.1 Å². The number of nitrogens with zero attached hydrogens (tertiary/aromatic N) is 1. The van der Waals surface area contributed by atoms with E-state index < -0.39 is 0 Å². The van der Waals surface area contributed by atoms with Crippen LogP contribution in [0, 0.1) is 19.7 Å². The zero-order valence-electron chi connectivity index (χ0n) is 26.6. The average molecular weight is 616 g/mol. The highest BCUT2D eigenvalue weighted by Gasteiger charge is 2.37. The number of carbonyl (C=O) groups excluding carboxylic acids is 1. The van der Waals surface area contributed by atoms with Gasteiger partial charge in [-0.1, -0.05) is 12.2 Å². The molecule has 2 aromatic carbocycles. The maximum absolute atomic E-state index is 16.2. The first-order chi connectivity index (χ1) is 21.7. The summed E-state index contributed by atoms with van der Waals surface area (Å²) in [5.41, 5.74) is 5.74. The molecular formula is C36H42FN3O5. The quantitative estimate of drug-likeness (QED) is 0.332. The van der Waals surface area contributed by atoms with Crippen LogP contribution < -0.4 is 20.5 Å². The second-order valence-electron chi connectivity index (χ2n) is 12.3. The minimum Gasteiger partial charge on any atom is -0.496 e. The van der Waals surface area contributed by atoms with Crippen LogP contribution in [0.4, 0.5) is 10.1 Å². The molecule has 1 aromatic heterocycles. The number of benzene rings is 2. The highest BCUT2D eigenvalue weighted by Crippen LogP contribution is 2.45. The lowest BCUT2D eigenvalue weighted by molar-refractivity contribution is 0.0662. The number of amides is 1. The van der Waals surface area contributed by atoms with Gasteiger partial charge in [0.1, 0.15) is 11.6 Å². The van der Waals surface area contributed by atoms with E-state index in [1.165, 1.54) is 7.11 Å². The number of fused-ring (bicyclic) bond motifs is 2. The van der Waals surface area contributed by atoms with E-state index in [1.807, 2.05) is 19.1 Å². The second-order valence-corrected chi connectivity index (χ2v) is 12.3. The highest BCUT2D eigenvalue weighted by atomic mass is 19.1. The largest absolute Gasteiger partial charge is 0.496 e. The van der Waals surface area contributed by atoms with E-state index in [-0.39, 0.29) is 35.3 Å². The molecule has 3 aliphatic rings. The summed E-state index contributed by atoms with van der Waals surface area (Å²) >= 11 is 0. The van der Waals surface area contributed by atoms with Crippen molar-refractivity contribution < 1.29 is 23.4 Å². The summed E-state index contributed by atoms with van der Waals surface area (Å²) in [5, 5.41) is 2.93. The molecule has 2 aliphatic heterocycles. The van der Waals surface area contributed by atoms with Gasteiger partial charge in [-0.3, -0.25) is 9.59 Å². The van der Waals surface area contributed by atoms with Crippen molar-refractivity contribution in [2.45, 2.75) is 64.5 Å². The summed E-state index contributed by atoms with van der Waals surface area (Å²) in [6.07, 6.45) is 7.71. The number of H-pyrrole nitrogens is 1. The SMILES string of the molecule is CCN(c1cc(-c2cc3c(cc2F)C2(C=C3)CCOCC2)cc(C(=O)NCc2c(OC)cc(C)[nH]c2=O)c1C)C1CCOCC1. The van der Waals surface area contributed by atoms with Crippen molar-refractivity contribution in [2.24, 2.45) is 0 Å². The van der Waals surface area contributed by atoms with Gasteiger partial charge in [0, 0.05) is 66.9 Å². The third-order valence-electron chi connectivity index (χ3n) is 9.74. The smallest absolute Gasteiger partial charge is 0.256 e. The second kappa shape index (κ2) is 12.8. The molecule has 9 heteroatoms. The van der Waals surface area contributed by atoms with E-state index in [9.17, 15) is 9.59 Å². The number of halogens is 1. The van der Waals surface area contributed by atoms with E-state index in [2.05, 4.69) is 34.3 Å². The molecule has 1 amide bonds. The Hall–Kier alpha value is -3.95. The van der Waals surface area contributed by atoms with Crippen LogP contribution >= 0.6 is 0 Å². The van der Waals surface area contributed by atoms with Gasteiger partial charge in [-0.05, 0) is 99.0 Å². The first-order valence-corrected chi connectivity index (χ1v) is 15.9. The topological polar surface area (TPSA) is 92.9 Å². The molecule has 45 heavy (non-hydrogen) atoms. The highest BCUT2D eigenvalue weighted by molar-refractivity contribution is 5.99. The number of anilines is 1. The van der Waals surface area contributed by atoms with Gasteiger partial charge in [-0.15, -0.1) is 0 Å². The fourth-order valence-corrected chi connectivity index (χ4v) is 7.20. The fourth-order valence-electron chi connectivity index (χ4n) is 7.20. The predicted octanol–water partition coefficient (Wildman–Crippen LogP) is 5.82. The number of hydrogen-bond acceptors (Lipinski definition) is 6. The van der Waals surface area contributed by atoms with Crippen molar-refractivity contribution in [1.82, 2.24) is 10.3 Å². The minimum absolute atomic E-state index is 0.0160. The van der Waals surface area contributed by atoms with Gasteiger partial charge < -0.3 is 29.4 Å². The molecule has 3 heterocycles. The Bertz CT molecular complexity index is 1680. The van der Waals surface area contributed by atoms with Gasteiger partial charge in [0.25, 0.3) is 11.5 Å². The van der Waals surface area contributed by atoms with Gasteiger partial charge in [0.05, 0.1) is 19.2 Å². The molecule has 2 fully saturated rings. The summed E-state index contributed by atoms with van der Waals surface area (Å²) in [6, 6.07) is 9.37. The zero-order valence-corrected chi connectivity index (χ0v) is 26.6. The predicted molar refractivity (Wildman–Crippen MR) is 174 cm³/mol. The van der Waals surface area contributed by atoms with Crippen molar-refractivity contribution in [3.8, 4) is 16.9 Å². The van der Waals surface area contributed by atoms with E-state index in [0.29, 0.717) is 60.1 Å². The molecular weight excluding hydrogens is 573 g/mol. The summed E-state index contributed by atoms with van der Waals surface area (Å²) in [6.45, 7) is 9.20. The van der Waals surface area contributed by atoms with Crippen molar-refractivity contribution in [3.05, 3.63) is 86.1 Å². The lowest BCUT2D eigenvalue weighted by Crippen LogP contribution is -2.40.